The van der Waals surface area contributed by atoms with E-state index in [9.17, 15) is 9.59 Å². The first-order valence-electron chi connectivity index (χ1n) is 8.63. The summed E-state index contributed by atoms with van der Waals surface area (Å²) in [6.07, 6.45) is 1.83. The van der Waals surface area contributed by atoms with Crippen molar-refractivity contribution in [1.82, 2.24) is 25.7 Å². The second-order valence-corrected chi connectivity index (χ2v) is 7.85. The van der Waals surface area contributed by atoms with Crippen LogP contribution < -0.4 is 16.0 Å². The van der Waals surface area contributed by atoms with Crippen molar-refractivity contribution in [1.29, 1.82) is 0 Å². The molecule has 7 nitrogen and oxygen atoms in total. The number of thiophene rings is 1. The molecule has 0 aliphatic carbocycles. The predicted octanol–water partition coefficient (Wildman–Crippen LogP) is 1.74. The van der Waals surface area contributed by atoms with Crippen LogP contribution in [0.15, 0.2) is 6.07 Å². The van der Waals surface area contributed by atoms with Gasteiger partial charge in [-0.25, -0.2) is 0 Å². The third-order valence-electron chi connectivity index (χ3n) is 4.63. The lowest BCUT2D eigenvalue weighted by Crippen LogP contribution is -2.52. The summed E-state index contributed by atoms with van der Waals surface area (Å²) in [4.78, 5) is 26.4. The molecule has 1 aliphatic heterocycles. The molecule has 2 aromatic rings. The number of rotatable bonds is 4. The second kappa shape index (κ2) is 8.37. The molecule has 0 radical (unpaired) electrons. The monoisotopic (exact) mass is 399 g/mol. The van der Waals surface area contributed by atoms with Gasteiger partial charge in [0.1, 0.15) is 10.9 Å². The van der Waals surface area contributed by atoms with E-state index in [0.29, 0.717) is 10.9 Å². The molecule has 0 spiro atoms. The molecule has 9 heteroatoms. The van der Waals surface area contributed by atoms with Gasteiger partial charge in [-0.2, -0.15) is 5.10 Å². The molecule has 3 N–H and O–H groups in total. The van der Waals surface area contributed by atoms with Gasteiger partial charge in [0, 0.05) is 24.5 Å². The Kier molecular flexibility index (Phi) is 6.65. The quantitative estimate of drug-likeness (QED) is 0.730. The Hall–Kier alpha value is -1.64. The van der Waals surface area contributed by atoms with Crippen LogP contribution in [-0.2, 0) is 11.8 Å². The molecular formula is C17H26ClN5O2S. The van der Waals surface area contributed by atoms with Gasteiger partial charge in [-0.1, -0.05) is 0 Å². The molecule has 3 unspecified atom stereocenters. The highest BCUT2D eigenvalue weighted by atomic mass is 35.5. The number of carbonyl (C=O) groups is 2. The number of hydrogen-bond acceptors (Lipinski definition) is 5. The minimum Gasteiger partial charge on any atom is -0.351 e. The summed E-state index contributed by atoms with van der Waals surface area (Å²) in [5.74, 6) is -0.353. The minimum absolute atomic E-state index is 0. The van der Waals surface area contributed by atoms with Crippen LogP contribution in [0, 0.1) is 6.92 Å². The lowest BCUT2D eigenvalue weighted by Gasteiger charge is -2.29. The number of piperidine rings is 1. The molecule has 1 saturated heterocycles. The third-order valence-corrected chi connectivity index (χ3v) is 5.83. The Morgan fingerprint density at radius 1 is 1.46 bits per heavy atom. The number of nitrogens with zero attached hydrogens (tertiary/aromatic N) is 2. The highest BCUT2D eigenvalue weighted by Crippen LogP contribution is 2.27. The van der Waals surface area contributed by atoms with Gasteiger partial charge in [0.25, 0.3) is 5.91 Å². The normalized spacial score (nSPS) is 21.1. The molecular weight excluding hydrogens is 374 g/mol. The van der Waals surface area contributed by atoms with Crippen molar-refractivity contribution in [3.8, 4) is 0 Å². The van der Waals surface area contributed by atoms with Gasteiger partial charge >= 0.3 is 0 Å². The van der Waals surface area contributed by atoms with E-state index in [2.05, 4.69) is 28.0 Å². The Labute approximate surface area is 163 Å². The van der Waals surface area contributed by atoms with E-state index >= 15 is 0 Å². The maximum Gasteiger partial charge on any atom is 0.262 e. The molecule has 1 aliphatic rings. The van der Waals surface area contributed by atoms with Crippen LogP contribution >= 0.6 is 23.7 Å². The number of aryl methyl sites for hydroxylation is 2. The smallest absolute Gasteiger partial charge is 0.262 e. The predicted molar refractivity (Wildman–Crippen MR) is 106 cm³/mol. The van der Waals surface area contributed by atoms with E-state index in [1.807, 2.05) is 20.0 Å². The first-order valence-corrected chi connectivity index (χ1v) is 9.44. The zero-order valence-electron chi connectivity index (χ0n) is 15.5. The zero-order chi connectivity index (χ0) is 18.1. The Morgan fingerprint density at radius 3 is 2.85 bits per heavy atom. The third kappa shape index (κ3) is 4.36. The minimum atomic E-state index is -0.567. The van der Waals surface area contributed by atoms with Crippen molar-refractivity contribution in [2.24, 2.45) is 7.05 Å². The van der Waals surface area contributed by atoms with Crippen LogP contribution in [0.1, 0.15) is 42.1 Å². The molecule has 26 heavy (non-hydrogen) atoms. The van der Waals surface area contributed by atoms with Crippen molar-refractivity contribution in [2.75, 3.05) is 6.54 Å². The van der Waals surface area contributed by atoms with Crippen molar-refractivity contribution in [2.45, 2.75) is 51.7 Å². The second-order valence-electron chi connectivity index (χ2n) is 6.82. The first-order chi connectivity index (χ1) is 11.8. The molecule has 144 valence electrons. The van der Waals surface area contributed by atoms with E-state index < -0.39 is 6.04 Å². The zero-order valence-corrected chi connectivity index (χ0v) is 17.1. The summed E-state index contributed by atoms with van der Waals surface area (Å²) < 4.78 is 1.78. The summed E-state index contributed by atoms with van der Waals surface area (Å²) in [6, 6.07) is 1.85. The summed E-state index contributed by atoms with van der Waals surface area (Å²) in [7, 11) is 1.86. The van der Waals surface area contributed by atoms with Gasteiger partial charge in [0.05, 0.1) is 10.6 Å². The van der Waals surface area contributed by atoms with Crippen LogP contribution in [0.5, 0.6) is 0 Å². The molecule has 2 aromatic heterocycles. The fraction of sp³-hybridized carbons (Fsp3) is 0.588. The number of hydrogen-bond donors (Lipinski definition) is 3. The molecule has 0 aromatic carbocycles. The molecule has 2 amide bonds. The highest BCUT2D eigenvalue weighted by molar-refractivity contribution is 7.20. The van der Waals surface area contributed by atoms with Gasteiger partial charge < -0.3 is 16.0 Å². The van der Waals surface area contributed by atoms with E-state index in [1.54, 1.807) is 11.6 Å². The van der Waals surface area contributed by atoms with E-state index in [-0.39, 0.29) is 30.3 Å². The molecule has 0 bridgehead atoms. The standard InChI is InChI=1S/C17H25N5O2S.ClH/c1-9-7-12(5-6-18-9)20-15(23)11(3)19-16(24)14-8-13-10(2)21-22(4)17(13)25-14;/h8-9,11-12,18H,5-7H2,1-4H3,(H,19,24)(H,20,23);1H. The fourth-order valence-corrected chi connectivity index (χ4v) is 4.27. The lowest BCUT2D eigenvalue weighted by atomic mass is 10.0. The maximum atomic E-state index is 12.5. The summed E-state index contributed by atoms with van der Waals surface area (Å²) in [5.41, 5.74) is 0.901. The van der Waals surface area contributed by atoms with Gasteiger partial charge in [0.15, 0.2) is 0 Å². The van der Waals surface area contributed by atoms with Crippen LogP contribution in [0.2, 0.25) is 0 Å². The van der Waals surface area contributed by atoms with E-state index in [4.69, 9.17) is 0 Å². The number of nitrogens with one attached hydrogen (secondary N) is 3. The lowest BCUT2D eigenvalue weighted by molar-refractivity contribution is -0.123. The Balaban J connectivity index is 0.00000243. The average molecular weight is 400 g/mol. The summed E-state index contributed by atoms with van der Waals surface area (Å²) in [6.45, 7) is 6.66. The largest absolute Gasteiger partial charge is 0.351 e. The van der Waals surface area contributed by atoms with Crippen LogP contribution in [0.3, 0.4) is 0 Å². The van der Waals surface area contributed by atoms with Crippen molar-refractivity contribution < 1.29 is 9.59 Å². The van der Waals surface area contributed by atoms with Crippen molar-refractivity contribution in [3.05, 3.63) is 16.6 Å². The van der Waals surface area contributed by atoms with Crippen LogP contribution in [0.4, 0.5) is 0 Å². The van der Waals surface area contributed by atoms with Gasteiger partial charge in [-0.3, -0.25) is 14.3 Å². The number of amides is 2. The van der Waals surface area contributed by atoms with E-state index in [0.717, 1.165) is 35.3 Å². The number of carbonyl (C=O) groups excluding carboxylic acids is 2. The van der Waals surface area contributed by atoms with E-state index in [1.165, 1.54) is 11.3 Å². The first kappa shape index (κ1) is 20.7. The average Bonchev–Trinajstić information content (AvgIpc) is 3.09. The number of aromatic nitrogens is 2. The molecule has 3 atom stereocenters. The highest BCUT2D eigenvalue weighted by Gasteiger charge is 2.24. The van der Waals surface area contributed by atoms with Crippen LogP contribution in [-0.4, -0.2) is 46.3 Å². The molecule has 3 heterocycles. The summed E-state index contributed by atoms with van der Waals surface area (Å²) in [5, 5.41) is 14.5. The fourth-order valence-electron chi connectivity index (χ4n) is 3.24. The van der Waals surface area contributed by atoms with Crippen molar-refractivity contribution in [3.63, 3.8) is 0 Å². The summed E-state index contributed by atoms with van der Waals surface area (Å²) >= 11 is 1.39. The maximum absolute atomic E-state index is 12.5. The van der Waals surface area contributed by atoms with Gasteiger partial charge in [-0.05, 0) is 46.2 Å². The topological polar surface area (TPSA) is 88.0 Å². The number of halogens is 1. The Bertz CT molecular complexity index is 768. The van der Waals surface area contributed by atoms with Crippen molar-refractivity contribution >= 4 is 45.8 Å². The molecule has 3 rings (SSSR count). The van der Waals surface area contributed by atoms with Gasteiger partial charge in [0.2, 0.25) is 5.91 Å². The van der Waals surface area contributed by atoms with Gasteiger partial charge in [-0.15, -0.1) is 23.7 Å². The molecule has 0 saturated carbocycles. The van der Waals surface area contributed by atoms with Crippen LogP contribution in [0.25, 0.3) is 10.2 Å². The number of fused-ring (bicyclic) bond motifs is 1. The Morgan fingerprint density at radius 2 is 2.19 bits per heavy atom. The SMILES string of the molecule is Cc1nn(C)c2sc(C(=O)NC(C)C(=O)NC3CCNC(C)C3)cc12.Cl. The molecule has 1 fully saturated rings.